The second-order valence-corrected chi connectivity index (χ2v) is 5.89. The number of hydrogen-bond donors (Lipinski definition) is 1. The second kappa shape index (κ2) is 5.33. The maximum Gasteiger partial charge on any atom is 0.260 e. The van der Waals surface area contributed by atoms with Crippen LogP contribution in [0.1, 0.15) is 11.1 Å². The molecule has 0 amide bonds. The van der Waals surface area contributed by atoms with Crippen LogP contribution in [-0.2, 0) is 0 Å². The van der Waals surface area contributed by atoms with Crippen molar-refractivity contribution < 1.29 is 4.52 Å². The molecular weight excluding hydrogens is 330 g/mol. The molecule has 2 aromatic carbocycles. The highest BCUT2D eigenvalue weighted by atomic mass is 79.9. The van der Waals surface area contributed by atoms with Gasteiger partial charge in [-0.2, -0.15) is 4.98 Å². The van der Waals surface area contributed by atoms with Crippen molar-refractivity contribution in [2.24, 2.45) is 0 Å². The van der Waals surface area contributed by atoms with Gasteiger partial charge in [-0.05, 0) is 49.7 Å². The van der Waals surface area contributed by atoms with Gasteiger partial charge in [0.1, 0.15) is 0 Å². The van der Waals surface area contributed by atoms with E-state index in [4.69, 9.17) is 10.3 Å². The third-order valence-corrected chi connectivity index (χ3v) is 3.79. The van der Waals surface area contributed by atoms with E-state index >= 15 is 0 Å². The van der Waals surface area contributed by atoms with Gasteiger partial charge in [0.2, 0.25) is 5.82 Å². The quantitative estimate of drug-likeness (QED) is 0.702. The van der Waals surface area contributed by atoms with Gasteiger partial charge in [0, 0.05) is 15.7 Å². The smallest absolute Gasteiger partial charge is 0.260 e. The highest BCUT2D eigenvalue weighted by Gasteiger charge is 2.14. The van der Waals surface area contributed by atoms with Crippen LogP contribution in [0.2, 0.25) is 0 Å². The number of aromatic nitrogens is 2. The van der Waals surface area contributed by atoms with E-state index in [1.807, 2.05) is 50.2 Å². The Balaban J connectivity index is 2.06. The first kappa shape index (κ1) is 13.8. The highest BCUT2D eigenvalue weighted by molar-refractivity contribution is 9.10. The third kappa shape index (κ3) is 2.69. The number of benzene rings is 2. The second-order valence-electron chi connectivity index (χ2n) is 4.97. The molecule has 0 aliphatic carbocycles. The molecule has 2 N–H and O–H groups in total. The minimum absolute atomic E-state index is 0.438. The minimum Gasteiger partial charge on any atom is -0.398 e. The molecule has 0 aliphatic heterocycles. The van der Waals surface area contributed by atoms with E-state index in [1.54, 1.807) is 0 Å². The van der Waals surface area contributed by atoms with Crippen LogP contribution < -0.4 is 5.73 Å². The molecule has 3 aromatic rings. The van der Waals surface area contributed by atoms with E-state index in [-0.39, 0.29) is 0 Å². The first-order chi connectivity index (χ1) is 10.0. The Morgan fingerprint density at radius 3 is 2.62 bits per heavy atom. The zero-order chi connectivity index (χ0) is 15.0. The summed E-state index contributed by atoms with van der Waals surface area (Å²) in [5.41, 5.74) is 10.5. The zero-order valence-corrected chi connectivity index (χ0v) is 13.3. The van der Waals surface area contributed by atoms with Crippen LogP contribution in [-0.4, -0.2) is 10.1 Å². The molecule has 1 heterocycles. The summed E-state index contributed by atoms with van der Waals surface area (Å²) >= 11 is 3.45. The summed E-state index contributed by atoms with van der Waals surface area (Å²) in [6.45, 7) is 4.01. The zero-order valence-electron chi connectivity index (χ0n) is 11.7. The van der Waals surface area contributed by atoms with Gasteiger partial charge in [0.25, 0.3) is 5.89 Å². The van der Waals surface area contributed by atoms with Crippen LogP contribution in [0.3, 0.4) is 0 Å². The highest BCUT2D eigenvalue weighted by Crippen LogP contribution is 2.29. The van der Waals surface area contributed by atoms with Gasteiger partial charge < -0.3 is 10.3 Å². The molecule has 0 atom stereocenters. The number of halogens is 1. The van der Waals surface area contributed by atoms with Crippen LogP contribution in [0.5, 0.6) is 0 Å². The van der Waals surface area contributed by atoms with Crippen molar-refractivity contribution in [3.05, 3.63) is 52.0 Å². The lowest BCUT2D eigenvalue weighted by Crippen LogP contribution is -1.91. The summed E-state index contributed by atoms with van der Waals surface area (Å²) in [7, 11) is 0. The minimum atomic E-state index is 0.438. The van der Waals surface area contributed by atoms with Gasteiger partial charge in [-0.25, -0.2) is 0 Å². The van der Waals surface area contributed by atoms with E-state index in [1.165, 1.54) is 0 Å². The Morgan fingerprint density at radius 1 is 1.05 bits per heavy atom. The number of nitrogens with two attached hydrogens (primary N) is 1. The van der Waals surface area contributed by atoms with Crippen molar-refractivity contribution in [3.63, 3.8) is 0 Å². The Bertz CT molecular complexity index is 811. The summed E-state index contributed by atoms with van der Waals surface area (Å²) in [5.74, 6) is 1.00. The van der Waals surface area contributed by atoms with Crippen LogP contribution in [0.25, 0.3) is 22.8 Å². The van der Waals surface area contributed by atoms with Gasteiger partial charge in [-0.1, -0.05) is 32.7 Å². The average Bonchev–Trinajstić information content (AvgIpc) is 2.91. The van der Waals surface area contributed by atoms with E-state index in [9.17, 15) is 0 Å². The Labute approximate surface area is 131 Å². The SMILES string of the molecule is Cc1ccc(N)c(-c2nc(-c3ccc(Br)cc3C)no2)c1. The predicted molar refractivity (Wildman–Crippen MR) is 86.8 cm³/mol. The summed E-state index contributed by atoms with van der Waals surface area (Å²) in [6.07, 6.45) is 0. The van der Waals surface area contributed by atoms with Crippen molar-refractivity contribution in [2.45, 2.75) is 13.8 Å². The fraction of sp³-hybridized carbons (Fsp3) is 0.125. The van der Waals surface area contributed by atoms with Crippen molar-refractivity contribution >= 4 is 21.6 Å². The molecule has 1 aromatic heterocycles. The summed E-state index contributed by atoms with van der Waals surface area (Å²) in [4.78, 5) is 4.47. The van der Waals surface area contributed by atoms with Gasteiger partial charge in [0.15, 0.2) is 0 Å². The average molecular weight is 344 g/mol. The number of hydrogen-bond acceptors (Lipinski definition) is 4. The van der Waals surface area contributed by atoms with Gasteiger partial charge in [0.05, 0.1) is 5.56 Å². The maximum absolute atomic E-state index is 5.99. The monoisotopic (exact) mass is 343 g/mol. The van der Waals surface area contributed by atoms with E-state index < -0.39 is 0 Å². The van der Waals surface area contributed by atoms with Crippen LogP contribution in [0.15, 0.2) is 45.4 Å². The van der Waals surface area contributed by atoms with E-state index in [0.29, 0.717) is 17.4 Å². The third-order valence-electron chi connectivity index (χ3n) is 3.29. The fourth-order valence-electron chi connectivity index (χ4n) is 2.18. The Kier molecular flexibility index (Phi) is 3.51. The van der Waals surface area contributed by atoms with Crippen LogP contribution >= 0.6 is 15.9 Å². The van der Waals surface area contributed by atoms with Crippen molar-refractivity contribution in [1.82, 2.24) is 10.1 Å². The molecule has 3 rings (SSSR count). The Hall–Kier alpha value is -2.14. The number of rotatable bonds is 2. The molecule has 0 unspecified atom stereocenters. The van der Waals surface area contributed by atoms with Gasteiger partial charge in [-0.3, -0.25) is 0 Å². The predicted octanol–water partition coefficient (Wildman–Crippen LogP) is 4.37. The van der Waals surface area contributed by atoms with Gasteiger partial charge in [-0.15, -0.1) is 0 Å². The first-order valence-corrected chi connectivity index (χ1v) is 7.30. The van der Waals surface area contributed by atoms with Crippen molar-refractivity contribution in [2.75, 3.05) is 5.73 Å². The lowest BCUT2D eigenvalue weighted by Gasteiger charge is -2.02. The van der Waals surface area contributed by atoms with E-state index in [0.717, 1.165) is 26.7 Å². The normalized spacial score (nSPS) is 10.8. The van der Waals surface area contributed by atoms with Crippen molar-refractivity contribution in [3.8, 4) is 22.8 Å². The molecule has 106 valence electrons. The molecule has 0 spiro atoms. The first-order valence-electron chi connectivity index (χ1n) is 6.51. The number of nitrogen functional groups attached to an aromatic ring is 1. The maximum atomic E-state index is 5.99. The molecule has 0 aliphatic rings. The number of anilines is 1. The van der Waals surface area contributed by atoms with Gasteiger partial charge >= 0.3 is 0 Å². The topological polar surface area (TPSA) is 64.9 Å². The Morgan fingerprint density at radius 2 is 1.86 bits per heavy atom. The molecule has 5 heteroatoms. The fourth-order valence-corrected chi connectivity index (χ4v) is 2.65. The number of aryl methyl sites for hydroxylation is 2. The molecule has 0 saturated carbocycles. The molecular formula is C16H14BrN3O. The van der Waals surface area contributed by atoms with Crippen LogP contribution in [0, 0.1) is 13.8 Å². The molecule has 0 radical (unpaired) electrons. The molecule has 4 nitrogen and oxygen atoms in total. The lowest BCUT2D eigenvalue weighted by atomic mass is 10.1. The molecule has 0 fully saturated rings. The molecule has 21 heavy (non-hydrogen) atoms. The summed E-state index contributed by atoms with van der Waals surface area (Å²) in [6, 6.07) is 11.7. The molecule has 0 saturated heterocycles. The lowest BCUT2D eigenvalue weighted by molar-refractivity contribution is 0.432. The largest absolute Gasteiger partial charge is 0.398 e. The van der Waals surface area contributed by atoms with Crippen LogP contribution in [0.4, 0.5) is 5.69 Å². The van der Waals surface area contributed by atoms with E-state index in [2.05, 4.69) is 26.1 Å². The number of nitrogens with zero attached hydrogens (tertiary/aromatic N) is 2. The van der Waals surface area contributed by atoms with Crippen molar-refractivity contribution in [1.29, 1.82) is 0 Å². The molecule has 0 bridgehead atoms. The summed E-state index contributed by atoms with van der Waals surface area (Å²) in [5, 5.41) is 4.07. The summed E-state index contributed by atoms with van der Waals surface area (Å²) < 4.78 is 6.40. The standard InChI is InChI=1S/C16H14BrN3O/c1-9-3-6-14(18)13(7-9)16-19-15(20-21-16)12-5-4-11(17)8-10(12)2/h3-8H,18H2,1-2H3.